The Bertz CT molecular complexity index is 315. The fourth-order valence-corrected chi connectivity index (χ4v) is 1.60. The second kappa shape index (κ2) is 4.18. The number of hydrogen-bond donors (Lipinski definition) is 2. The Morgan fingerprint density at radius 2 is 2.08 bits per heavy atom. The van der Waals surface area contributed by atoms with Gasteiger partial charge in [-0.1, -0.05) is 30.1 Å². The highest BCUT2D eigenvalue weighted by Gasteiger charge is 2.12. The van der Waals surface area contributed by atoms with Crippen LogP contribution in [0, 0.1) is 0 Å². The van der Waals surface area contributed by atoms with E-state index in [0.29, 0.717) is 17.1 Å². The van der Waals surface area contributed by atoms with Gasteiger partial charge in [0.25, 0.3) is 0 Å². The number of nitrogens with two attached hydrogens (primary N) is 1. The Morgan fingerprint density at radius 1 is 1.46 bits per heavy atom. The molecule has 13 heavy (non-hydrogen) atoms. The minimum absolute atomic E-state index is 0.0520. The van der Waals surface area contributed by atoms with Crippen molar-refractivity contribution in [3.8, 4) is 5.75 Å². The summed E-state index contributed by atoms with van der Waals surface area (Å²) < 4.78 is 0. The Labute approximate surface area is 87.3 Å². The van der Waals surface area contributed by atoms with Crippen LogP contribution in [0.5, 0.6) is 5.75 Å². The van der Waals surface area contributed by atoms with E-state index < -0.39 is 0 Å². The molecule has 0 aliphatic rings. The molecule has 2 nitrogen and oxygen atoms in total. The molecule has 1 aromatic carbocycles. The molecule has 0 heterocycles. The highest BCUT2D eigenvalue weighted by Crippen LogP contribution is 2.34. The monoisotopic (exact) mass is 219 g/mol. The fraction of sp³-hybridized carbons (Fsp3) is 0.333. The predicted molar refractivity (Wildman–Crippen MR) is 55.6 cm³/mol. The van der Waals surface area contributed by atoms with Gasteiger partial charge in [0.1, 0.15) is 5.75 Å². The Kier molecular flexibility index (Phi) is 3.42. The van der Waals surface area contributed by atoms with E-state index in [1.165, 1.54) is 6.07 Å². The first-order valence-electron chi connectivity index (χ1n) is 3.94. The average Bonchev–Trinajstić information content (AvgIpc) is 2.10. The first-order valence-corrected chi connectivity index (χ1v) is 4.69. The van der Waals surface area contributed by atoms with Gasteiger partial charge in [0.15, 0.2) is 0 Å². The van der Waals surface area contributed by atoms with Crippen molar-refractivity contribution in [1.82, 2.24) is 0 Å². The number of halogens is 2. The van der Waals surface area contributed by atoms with Gasteiger partial charge in [-0.05, 0) is 24.6 Å². The highest BCUT2D eigenvalue weighted by atomic mass is 35.5. The molecule has 0 saturated carbocycles. The zero-order valence-corrected chi connectivity index (χ0v) is 8.73. The summed E-state index contributed by atoms with van der Waals surface area (Å²) in [4.78, 5) is 0. The topological polar surface area (TPSA) is 46.2 Å². The van der Waals surface area contributed by atoms with Crippen LogP contribution in [0.1, 0.15) is 18.4 Å². The van der Waals surface area contributed by atoms with Gasteiger partial charge in [-0.3, -0.25) is 0 Å². The standard InChI is InChI=1S/C9H11Cl2NO/c1-5(4-12)7-2-6(10)3-8(11)9(7)13/h2-3,5,13H,4,12H2,1H3. The molecule has 1 atom stereocenters. The molecular formula is C9H11Cl2NO. The molecule has 1 unspecified atom stereocenters. The summed E-state index contributed by atoms with van der Waals surface area (Å²) in [5.74, 6) is 0.125. The third kappa shape index (κ3) is 2.27. The molecule has 4 heteroatoms. The molecule has 0 radical (unpaired) electrons. The summed E-state index contributed by atoms with van der Waals surface area (Å²) in [6, 6.07) is 3.19. The van der Waals surface area contributed by atoms with Crippen LogP contribution in [0.2, 0.25) is 10.0 Å². The molecule has 0 bridgehead atoms. The summed E-state index contributed by atoms with van der Waals surface area (Å²) in [7, 11) is 0. The Hall–Kier alpha value is -0.440. The second-order valence-corrected chi connectivity index (χ2v) is 3.81. The van der Waals surface area contributed by atoms with Gasteiger partial charge in [0, 0.05) is 10.6 Å². The first kappa shape index (κ1) is 10.6. The lowest BCUT2D eigenvalue weighted by Gasteiger charge is -2.12. The number of aromatic hydroxyl groups is 1. The van der Waals surface area contributed by atoms with Crippen LogP contribution in [0.15, 0.2) is 12.1 Å². The number of hydrogen-bond acceptors (Lipinski definition) is 2. The number of rotatable bonds is 2. The van der Waals surface area contributed by atoms with E-state index in [4.69, 9.17) is 28.9 Å². The largest absolute Gasteiger partial charge is 0.506 e. The van der Waals surface area contributed by atoms with Crippen molar-refractivity contribution >= 4 is 23.2 Å². The van der Waals surface area contributed by atoms with Crippen LogP contribution in [-0.2, 0) is 0 Å². The van der Waals surface area contributed by atoms with Gasteiger partial charge in [-0.2, -0.15) is 0 Å². The van der Waals surface area contributed by atoms with Crippen LogP contribution >= 0.6 is 23.2 Å². The number of benzene rings is 1. The molecule has 1 rings (SSSR count). The van der Waals surface area contributed by atoms with E-state index in [0.717, 1.165) is 0 Å². The molecule has 0 aromatic heterocycles. The fourth-order valence-electron chi connectivity index (χ4n) is 1.09. The zero-order valence-electron chi connectivity index (χ0n) is 7.22. The van der Waals surface area contributed by atoms with Gasteiger partial charge in [0.05, 0.1) is 5.02 Å². The molecule has 0 aliphatic carbocycles. The highest BCUT2D eigenvalue weighted by molar-refractivity contribution is 6.35. The zero-order chi connectivity index (χ0) is 10.0. The van der Waals surface area contributed by atoms with E-state index in [2.05, 4.69) is 0 Å². The minimum atomic E-state index is 0.0520. The van der Waals surface area contributed by atoms with Crippen LogP contribution in [-0.4, -0.2) is 11.7 Å². The van der Waals surface area contributed by atoms with Crippen LogP contribution in [0.25, 0.3) is 0 Å². The molecule has 0 spiro atoms. The summed E-state index contributed by atoms with van der Waals surface area (Å²) in [6.07, 6.45) is 0. The average molecular weight is 220 g/mol. The first-order chi connectivity index (χ1) is 6.06. The molecule has 0 amide bonds. The van der Waals surface area contributed by atoms with Gasteiger partial charge in [-0.15, -0.1) is 0 Å². The molecule has 72 valence electrons. The smallest absolute Gasteiger partial charge is 0.137 e. The summed E-state index contributed by atoms with van der Waals surface area (Å²) >= 11 is 11.5. The minimum Gasteiger partial charge on any atom is -0.506 e. The molecule has 0 aliphatic heterocycles. The summed E-state index contributed by atoms with van der Waals surface area (Å²) in [5.41, 5.74) is 6.17. The van der Waals surface area contributed by atoms with Crippen molar-refractivity contribution in [3.63, 3.8) is 0 Å². The third-order valence-electron chi connectivity index (χ3n) is 1.94. The summed E-state index contributed by atoms with van der Waals surface area (Å²) in [6.45, 7) is 2.35. The van der Waals surface area contributed by atoms with Crippen LogP contribution in [0.3, 0.4) is 0 Å². The number of phenols is 1. The van der Waals surface area contributed by atoms with Crippen LogP contribution in [0.4, 0.5) is 0 Å². The van der Waals surface area contributed by atoms with Crippen molar-refractivity contribution in [3.05, 3.63) is 27.7 Å². The van der Waals surface area contributed by atoms with Crippen LogP contribution < -0.4 is 5.73 Å². The lowest BCUT2D eigenvalue weighted by molar-refractivity contribution is 0.463. The molecule has 1 aromatic rings. The van der Waals surface area contributed by atoms with Crippen molar-refractivity contribution < 1.29 is 5.11 Å². The maximum absolute atomic E-state index is 9.58. The third-order valence-corrected chi connectivity index (χ3v) is 2.45. The van der Waals surface area contributed by atoms with E-state index in [-0.39, 0.29) is 16.7 Å². The van der Waals surface area contributed by atoms with Gasteiger partial charge >= 0.3 is 0 Å². The second-order valence-electron chi connectivity index (χ2n) is 2.96. The van der Waals surface area contributed by atoms with E-state index in [1.54, 1.807) is 6.07 Å². The predicted octanol–water partition coefficient (Wildman–Crippen LogP) is 2.76. The van der Waals surface area contributed by atoms with Crippen molar-refractivity contribution in [2.24, 2.45) is 5.73 Å². The van der Waals surface area contributed by atoms with Gasteiger partial charge < -0.3 is 10.8 Å². The lowest BCUT2D eigenvalue weighted by Crippen LogP contribution is -2.09. The normalized spacial score (nSPS) is 12.9. The van der Waals surface area contributed by atoms with Gasteiger partial charge in [-0.25, -0.2) is 0 Å². The molecular weight excluding hydrogens is 209 g/mol. The molecule has 0 saturated heterocycles. The van der Waals surface area contributed by atoms with Crippen molar-refractivity contribution in [2.75, 3.05) is 6.54 Å². The molecule has 3 N–H and O–H groups in total. The maximum Gasteiger partial charge on any atom is 0.137 e. The van der Waals surface area contributed by atoms with Gasteiger partial charge in [0.2, 0.25) is 0 Å². The lowest BCUT2D eigenvalue weighted by atomic mass is 10.0. The van der Waals surface area contributed by atoms with Crippen molar-refractivity contribution in [2.45, 2.75) is 12.8 Å². The van der Waals surface area contributed by atoms with E-state index in [9.17, 15) is 5.11 Å². The Balaban J connectivity index is 3.20. The van der Waals surface area contributed by atoms with E-state index in [1.807, 2.05) is 6.92 Å². The summed E-state index contributed by atoms with van der Waals surface area (Å²) in [5, 5.41) is 10.4. The maximum atomic E-state index is 9.58. The van der Waals surface area contributed by atoms with E-state index >= 15 is 0 Å². The quantitative estimate of drug-likeness (QED) is 0.804. The molecule has 0 fully saturated rings. The van der Waals surface area contributed by atoms with Crippen molar-refractivity contribution in [1.29, 1.82) is 0 Å². The SMILES string of the molecule is CC(CN)c1cc(Cl)cc(Cl)c1O. The number of phenolic OH excluding ortho intramolecular Hbond substituents is 1. The Morgan fingerprint density at radius 3 is 2.62 bits per heavy atom.